The molecule has 0 N–H and O–H groups in total. The molecule has 0 aliphatic carbocycles. The highest BCUT2D eigenvalue weighted by molar-refractivity contribution is 5.70. The Kier molecular flexibility index (Phi) is 5.04. The van der Waals surface area contributed by atoms with Gasteiger partial charge in [-0.05, 0) is 30.0 Å². The maximum Gasteiger partial charge on any atom is 0.410 e. The Bertz CT molecular complexity index is 685. The summed E-state index contributed by atoms with van der Waals surface area (Å²) in [5, 5.41) is 0. The van der Waals surface area contributed by atoms with Crippen LogP contribution in [0, 0.1) is 0 Å². The molecule has 0 bridgehead atoms. The number of likely N-dealkylation sites (tertiary alicyclic amines) is 1. The van der Waals surface area contributed by atoms with E-state index < -0.39 is 0 Å². The molecular formula is C20H24N2O2. The predicted octanol–water partition coefficient (Wildman–Crippen LogP) is 4.23. The van der Waals surface area contributed by atoms with E-state index in [1.165, 1.54) is 5.56 Å². The summed E-state index contributed by atoms with van der Waals surface area (Å²) < 4.78 is 5.54. The van der Waals surface area contributed by atoms with E-state index in [1.807, 2.05) is 61.5 Å². The van der Waals surface area contributed by atoms with E-state index in [9.17, 15) is 4.79 Å². The van der Waals surface area contributed by atoms with Crippen molar-refractivity contribution < 1.29 is 9.53 Å². The number of amides is 1. The highest BCUT2D eigenvalue weighted by Crippen LogP contribution is 2.37. The van der Waals surface area contributed by atoms with Gasteiger partial charge in [-0.2, -0.15) is 0 Å². The van der Waals surface area contributed by atoms with Crippen molar-refractivity contribution in [1.82, 2.24) is 4.90 Å². The zero-order valence-electron chi connectivity index (χ0n) is 14.3. The lowest BCUT2D eigenvalue weighted by molar-refractivity contribution is 0.0921. The molecule has 126 valence electrons. The first-order chi connectivity index (χ1) is 11.7. The molecule has 0 saturated carbocycles. The number of nitrogens with zero attached hydrogens (tertiary/aromatic N) is 2. The topological polar surface area (TPSA) is 32.8 Å². The fraction of sp³-hybridized carbons (Fsp3) is 0.350. The molecule has 1 aliphatic rings. The minimum atomic E-state index is -0.227. The number of hydrogen-bond acceptors (Lipinski definition) is 3. The molecule has 1 fully saturated rings. The molecule has 4 nitrogen and oxygen atoms in total. The summed E-state index contributed by atoms with van der Waals surface area (Å²) in [5.74, 6) is 0. The van der Waals surface area contributed by atoms with Crippen molar-refractivity contribution in [3.63, 3.8) is 0 Å². The van der Waals surface area contributed by atoms with Crippen LogP contribution in [0.15, 0.2) is 54.6 Å². The smallest absolute Gasteiger partial charge is 0.410 e. The summed E-state index contributed by atoms with van der Waals surface area (Å²) in [5.41, 5.74) is 3.36. The van der Waals surface area contributed by atoms with Crippen LogP contribution in [-0.2, 0) is 11.3 Å². The fourth-order valence-electron chi connectivity index (χ4n) is 3.29. The molecule has 4 heteroatoms. The van der Waals surface area contributed by atoms with Crippen LogP contribution < -0.4 is 4.90 Å². The van der Waals surface area contributed by atoms with E-state index in [0.717, 1.165) is 30.6 Å². The SMILES string of the molecule is CN(C)c1ccccc1[C@@H]1CCCN1C(=O)OCc1ccccc1. The Morgan fingerprint density at radius 2 is 1.83 bits per heavy atom. The zero-order valence-corrected chi connectivity index (χ0v) is 14.3. The number of carbonyl (C=O) groups excluding carboxylic acids is 1. The summed E-state index contributed by atoms with van der Waals surface area (Å²) in [7, 11) is 4.07. The van der Waals surface area contributed by atoms with Gasteiger partial charge in [0.15, 0.2) is 0 Å². The zero-order chi connectivity index (χ0) is 16.9. The highest BCUT2D eigenvalue weighted by Gasteiger charge is 2.32. The maximum atomic E-state index is 12.6. The summed E-state index contributed by atoms with van der Waals surface area (Å²) in [6.45, 7) is 1.07. The highest BCUT2D eigenvalue weighted by atomic mass is 16.6. The number of benzene rings is 2. The molecule has 1 heterocycles. The molecule has 3 rings (SSSR count). The monoisotopic (exact) mass is 324 g/mol. The number of ether oxygens (including phenoxy) is 1. The van der Waals surface area contributed by atoms with E-state index in [2.05, 4.69) is 17.0 Å². The van der Waals surface area contributed by atoms with Crippen molar-refractivity contribution in [2.75, 3.05) is 25.5 Å². The molecule has 0 spiro atoms. The average molecular weight is 324 g/mol. The first-order valence-electron chi connectivity index (χ1n) is 8.40. The van der Waals surface area contributed by atoms with Crippen molar-refractivity contribution in [3.8, 4) is 0 Å². The summed E-state index contributed by atoms with van der Waals surface area (Å²) in [6, 6.07) is 18.2. The number of carbonyl (C=O) groups is 1. The standard InChI is InChI=1S/C20H24N2O2/c1-21(2)18-12-7-6-11-17(18)19-13-8-14-22(19)20(23)24-15-16-9-4-3-5-10-16/h3-7,9-12,19H,8,13-15H2,1-2H3/t19-/m0/s1. The van der Waals surface area contributed by atoms with Gasteiger partial charge in [0.05, 0.1) is 6.04 Å². The Labute approximate surface area is 143 Å². The lowest BCUT2D eigenvalue weighted by atomic mass is 10.0. The first-order valence-corrected chi connectivity index (χ1v) is 8.40. The number of para-hydroxylation sites is 1. The maximum absolute atomic E-state index is 12.6. The average Bonchev–Trinajstić information content (AvgIpc) is 3.10. The van der Waals surface area contributed by atoms with E-state index >= 15 is 0 Å². The molecule has 0 aromatic heterocycles. The van der Waals surface area contributed by atoms with Gasteiger partial charge >= 0.3 is 6.09 Å². The molecule has 1 aliphatic heterocycles. The molecule has 1 amide bonds. The minimum absolute atomic E-state index is 0.0897. The van der Waals surface area contributed by atoms with Crippen molar-refractivity contribution in [3.05, 3.63) is 65.7 Å². The van der Waals surface area contributed by atoms with E-state index in [1.54, 1.807) is 0 Å². The second kappa shape index (κ2) is 7.39. The van der Waals surface area contributed by atoms with Crippen LogP contribution in [0.3, 0.4) is 0 Å². The quantitative estimate of drug-likeness (QED) is 0.844. The second-order valence-corrected chi connectivity index (χ2v) is 6.34. The lowest BCUT2D eigenvalue weighted by Gasteiger charge is -2.28. The summed E-state index contributed by atoms with van der Waals surface area (Å²) in [6.07, 6.45) is 1.76. The Morgan fingerprint density at radius 1 is 1.12 bits per heavy atom. The van der Waals surface area contributed by atoms with Crippen molar-refractivity contribution in [2.45, 2.75) is 25.5 Å². The van der Waals surface area contributed by atoms with Crippen molar-refractivity contribution in [2.24, 2.45) is 0 Å². The number of anilines is 1. The van der Waals surface area contributed by atoms with Gasteiger partial charge in [0.2, 0.25) is 0 Å². The third kappa shape index (κ3) is 3.53. The third-order valence-corrected chi connectivity index (χ3v) is 4.47. The van der Waals surface area contributed by atoms with Gasteiger partial charge in [-0.15, -0.1) is 0 Å². The van der Waals surface area contributed by atoms with Crippen LogP contribution in [-0.4, -0.2) is 31.6 Å². The predicted molar refractivity (Wildman–Crippen MR) is 96.1 cm³/mol. The van der Waals surface area contributed by atoms with Gasteiger partial charge in [-0.3, -0.25) is 0 Å². The van der Waals surface area contributed by atoms with Crippen LogP contribution in [0.5, 0.6) is 0 Å². The normalized spacial score (nSPS) is 16.9. The van der Waals surface area contributed by atoms with Crippen LogP contribution in [0.1, 0.15) is 30.0 Å². The molecule has 1 atom stereocenters. The van der Waals surface area contributed by atoms with E-state index in [0.29, 0.717) is 6.61 Å². The van der Waals surface area contributed by atoms with Crippen LogP contribution in [0.4, 0.5) is 10.5 Å². The molecule has 0 unspecified atom stereocenters. The lowest BCUT2D eigenvalue weighted by Crippen LogP contribution is -2.31. The van der Waals surface area contributed by atoms with Gasteiger partial charge < -0.3 is 14.5 Å². The second-order valence-electron chi connectivity index (χ2n) is 6.34. The Morgan fingerprint density at radius 3 is 2.58 bits per heavy atom. The van der Waals surface area contributed by atoms with Crippen LogP contribution >= 0.6 is 0 Å². The molecule has 2 aromatic carbocycles. The summed E-state index contributed by atoms with van der Waals surface area (Å²) >= 11 is 0. The molecule has 0 radical (unpaired) electrons. The van der Waals surface area contributed by atoms with E-state index in [4.69, 9.17) is 4.74 Å². The minimum Gasteiger partial charge on any atom is -0.445 e. The summed E-state index contributed by atoms with van der Waals surface area (Å²) in [4.78, 5) is 16.5. The van der Waals surface area contributed by atoms with Crippen LogP contribution in [0.25, 0.3) is 0 Å². The van der Waals surface area contributed by atoms with Gasteiger partial charge in [0.1, 0.15) is 6.61 Å². The van der Waals surface area contributed by atoms with Crippen molar-refractivity contribution in [1.29, 1.82) is 0 Å². The van der Waals surface area contributed by atoms with Crippen molar-refractivity contribution >= 4 is 11.8 Å². The van der Waals surface area contributed by atoms with Gasteiger partial charge in [-0.1, -0.05) is 48.5 Å². The van der Waals surface area contributed by atoms with E-state index in [-0.39, 0.29) is 12.1 Å². The largest absolute Gasteiger partial charge is 0.445 e. The van der Waals surface area contributed by atoms with Gasteiger partial charge in [0.25, 0.3) is 0 Å². The van der Waals surface area contributed by atoms with Crippen LogP contribution in [0.2, 0.25) is 0 Å². The van der Waals surface area contributed by atoms with Gasteiger partial charge in [-0.25, -0.2) is 4.79 Å². The first kappa shape index (κ1) is 16.4. The Balaban J connectivity index is 1.72. The Hall–Kier alpha value is -2.49. The fourth-order valence-corrected chi connectivity index (χ4v) is 3.29. The number of rotatable bonds is 4. The third-order valence-electron chi connectivity index (χ3n) is 4.47. The van der Waals surface area contributed by atoms with Gasteiger partial charge in [0, 0.05) is 26.3 Å². The molecule has 24 heavy (non-hydrogen) atoms. The molecule has 1 saturated heterocycles. The molecule has 2 aromatic rings. The molecular weight excluding hydrogens is 300 g/mol. The number of hydrogen-bond donors (Lipinski definition) is 0.